The van der Waals surface area contributed by atoms with Gasteiger partial charge in [-0.05, 0) is 55.4 Å². The maximum Gasteiger partial charge on any atom is 0.326 e. The number of likely N-dealkylation sites (N-methyl/N-ethyl adjacent to an activating group) is 1. The Kier molecular flexibility index (Phi) is 20.9. The van der Waals surface area contributed by atoms with Gasteiger partial charge in [-0.25, -0.2) is 4.79 Å². The van der Waals surface area contributed by atoms with Crippen molar-refractivity contribution in [1.29, 1.82) is 0 Å². The number of amides is 7. The molecule has 7 amide bonds. The Morgan fingerprint density at radius 2 is 1.53 bits per heavy atom. The number of ether oxygens (including phenoxy) is 4. The number of methoxy groups -OCH3 is 2. The summed E-state index contributed by atoms with van der Waals surface area (Å²) in [5, 5.41) is 15.7. The number of nitrogens with zero attached hydrogens (tertiary/aromatic N) is 4. The van der Waals surface area contributed by atoms with Crippen LogP contribution < -0.4 is 10.6 Å². The van der Waals surface area contributed by atoms with Crippen LogP contribution in [0.15, 0.2) is 42.5 Å². The molecule has 3 unspecified atom stereocenters. The van der Waals surface area contributed by atoms with Crippen molar-refractivity contribution in [3.63, 3.8) is 0 Å². The number of likely N-dealkylation sites (tertiary alicyclic amines) is 2. The molecule has 3 fully saturated rings. The smallest absolute Gasteiger partial charge is 0.326 e. The number of carboxylic acids is 1. The molecule has 1 aromatic rings. The number of aliphatic carboxylic acids is 1. The second-order valence-corrected chi connectivity index (χ2v) is 19.5. The van der Waals surface area contributed by atoms with Gasteiger partial charge in [-0.3, -0.25) is 38.5 Å². The van der Waals surface area contributed by atoms with Crippen LogP contribution in [0.2, 0.25) is 0 Å². The van der Waals surface area contributed by atoms with Gasteiger partial charge in [0, 0.05) is 52.4 Å². The molecule has 70 heavy (non-hydrogen) atoms. The predicted octanol–water partition coefficient (Wildman–Crippen LogP) is 2.59. The standard InChI is InChI=1S/C51H76N6O13/c1-9-32(4)45(39(67-7)30-43(61)55-22-13-16-38(55)47(68-8)33(5)48(62)52-37(51(65)66)28-34-14-11-10-12-15-34)54(6)50(64)44(31(2)3)53-49(63)46-35-17-18-36(29-35)57(46)42(60)21-24-69-26-27-70-25-23-56-40(58)19-20-41(56)59/h10-12,14-15,19-20,31-33,35-39,44-47H,9,13,16-18,21-30H2,1-8H3,(H,52,62)(H,53,63)(H,65,66)/t32-,33+,35-,36+,37?,38?,39+,44?,45-,46-,47+/m0/s1. The zero-order chi connectivity index (χ0) is 51.2. The van der Waals surface area contributed by atoms with Crippen LogP contribution in [0.4, 0.5) is 0 Å². The van der Waals surface area contributed by atoms with E-state index in [0.717, 1.165) is 23.3 Å². The first-order chi connectivity index (χ1) is 33.4. The molecule has 5 rings (SSSR count). The van der Waals surface area contributed by atoms with Crippen LogP contribution in [0, 0.1) is 23.7 Å². The van der Waals surface area contributed by atoms with E-state index in [1.807, 2.05) is 33.8 Å². The van der Waals surface area contributed by atoms with Gasteiger partial charge < -0.3 is 49.4 Å². The normalized spacial score (nSPS) is 22.7. The molecule has 4 aliphatic rings. The number of nitrogens with one attached hydrogen (secondary N) is 2. The van der Waals surface area contributed by atoms with Gasteiger partial charge in [0.2, 0.25) is 29.5 Å². The summed E-state index contributed by atoms with van der Waals surface area (Å²) in [6, 6.07) is 5.06. The third-order valence-electron chi connectivity index (χ3n) is 14.7. The summed E-state index contributed by atoms with van der Waals surface area (Å²) in [6.45, 7) is 10.6. The van der Waals surface area contributed by atoms with Crippen molar-refractivity contribution in [2.75, 3.05) is 60.8 Å². The lowest BCUT2D eigenvalue weighted by atomic mass is 9.89. The van der Waals surface area contributed by atoms with E-state index >= 15 is 0 Å². The minimum absolute atomic E-state index is 0.0454. The topological polar surface area (TPSA) is 231 Å². The zero-order valence-electron chi connectivity index (χ0n) is 42.2. The molecular formula is C51H76N6O13. The number of rotatable bonds is 28. The number of hydrogen-bond donors (Lipinski definition) is 3. The largest absolute Gasteiger partial charge is 0.480 e. The number of hydrogen-bond acceptors (Lipinski definition) is 12. The van der Waals surface area contributed by atoms with E-state index in [0.29, 0.717) is 32.2 Å². The molecule has 3 N–H and O–H groups in total. The van der Waals surface area contributed by atoms with Crippen molar-refractivity contribution in [2.24, 2.45) is 23.7 Å². The van der Waals surface area contributed by atoms with Gasteiger partial charge in [0.25, 0.3) is 11.8 Å². The number of carbonyl (C=O) groups excluding carboxylic acids is 7. The highest BCUT2D eigenvalue weighted by Crippen LogP contribution is 2.43. The quantitative estimate of drug-likeness (QED) is 0.0811. The summed E-state index contributed by atoms with van der Waals surface area (Å²) in [5.41, 5.74) is 0.764. The van der Waals surface area contributed by atoms with Crippen molar-refractivity contribution in [3.05, 3.63) is 48.0 Å². The molecule has 1 aliphatic carbocycles. The van der Waals surface area contributed by atoms with Gasteiger partial charge in [0.05, 0.1) is 76.0 Å². The van der Waals surface area contributed by atoms with Crippen LogP contribution in [0.5, 0.6) is 0 Å². The van der Waals surface area contributed by atoms with Crippen molar-refractivity contribution >= 4 is 47.3 Å². The minimum atomic E-state index is -1.16. The van der Waals surface area contributed by atoms with E-state index in [1.54, 1.807) is 52.9 Å². The maximum atomic E-state index is 14.7. The molecular weight excluding hydrogens is 905 g/mol. The lowest BCUT2D eigenvalue weighted by molar-refractivity contribution is -0.149. The maximum absolute atomic E-state index is 14.7. The highest BCUT2D eigenvalue weighted by Gasteiger charge is 2.52. The second kappa shape index (κ2) is 26.3. The van der Waals surface area contributed by atoms with E-state index in [4.69, 9.17) is 18.9 Å². The first-order valence-corrected chi connectivity index (χ1v) is 24.9. The average Bonchev–Trinajstić information content (AvgIpc) is 4.17. The summed E-state index contributed by atoms with van der Waals surface area (Å²) in [6.07, 6.45) is 5.21. The van der Waals surface area contributed by atoms with Gasteiger partial charge in [-0.1, -0.05) is 71.4 Å². The van der Waals surface area contributed by atoms with Crippen molar-refractivity contribution in [2.45, 2.75) is 141 Å². The zero-order valence-corrected chi connectivity index (χ0v) is 42.2. The fourth-order valence-electron chi connectivity index (χ4n) is 10.7. The van der Waals surface area contributed by atoms with E-state index in [9.17, 15) is 43.5 Å². The SMILES string of the molecule is CC[C@H](C)[C@@H]([C@@H](CC(=O)N1CCCC1[C@H](OC)[C@@H](C)C(=O)NC(Cc1ccccc1)C(=O)O)OC)N(C)C(=O)C(NC(=O)[C@@H]1[C@H]2CC[C@H](C2)N1C(=O)CCOCCOCCN1C(=O)C=CC1=O)C(C)C. The predicted molar refractivity (Wildman–Crippen MR) is 256 cm³/mol. The Morgan fingerprint density at radius 1 is 0.857 bits per heavy atom. The third kappa shape index (κ3) is 13.8. The monoisotopic (exact) mass is 981 g/mol. The van der Waals surface area contributed by atoms with E-state index in [1.165, 1.54) is 26.4 Å². The van der Waals surface area contributed by atoms with E-state index in [-0.39, 0.29) is 111 Å². The van der Waals surface area contributed by atoms with Crippen LogP contribution >= 0.6 is 0 Å². The number of imide groups is 1. The van der Waals surface area contributed by atoms with Crippen LogP contribution in [0.3, 0.4) is 0 Å². The summed E-state index contributed by atoms with van der Waals surface area (Å²) in [4.78, 5) is 112. The Bertz CT molecular complexity index is 2000. The van der Waals surface area contributed by atoms with Gasteiger partial charge in [-0.15, -0.1) is 0 Å². The first kappa shape index (κ1) is 55.7. The number of benzene rings is 1. The van der Waals surface area contributed by atoms with Gasteiger partial charge >= 0.3 is 5.97 Å². The number of fused-ring (bicyclic) bond motifs is 2. The molecule has 2 saturated heterocycles. The molecule has 0 spiro atoms. The fourth-order valence-corrected chi connectivity index (χ4v) is 10.7. The van der Waals surface area contributed by atoms with E-state index < -0.39 is 60.2 Å². The van der Waals surface area contributed by atoms with Crippen molar-refractivity contribution in [1.82, 2.24) is 30.2 Å². The molecule has 2 bridgehead atoms. The third-order valence-corrected chi connectivity index (χ3v) is 14.7. The summed E-state index contributed by atoms with van der Waals surface area (Å²) in [7, 11) is 4.66. The highest BCUT2D eigenvalue weighted by atomic mass is 16.5. The lowest BCUT2D eigenvalue weighted by Gasteiger charge is -2.41. The molecule has 11 atom stereocenters. The van der Waals surface area contributed by atoms with Gasteiger partial charge in [0.15, 0.2) is 0 Å². The molecule has 3 heterocycles. The van der Waals surface area contributed by atoms with Crippen LogP contribution in [0.25, 0.3) is 0 Å². The Labute approximate surface area is 412 Å². The first-order valence-electron chi connectivity index (χ1n) is 24.9. The molecule has 388 valence electrons. The second-order valence-electron chi connectivity index (χ2n) is 19.5. The Balaban J connectivity index is 1.18. The Morgan fingerprint density at radius 3 is 2.14 bits per heavy atom. The highest BCUT2D eigenvalue weighted by molar-refractivity contribution is 6.12. The summed E-state index contributed by atoms with van der Waals surface area (Å²) < 4.78 is 23.1. The summed E-state index contributed by atoms with van der Waals surface area (Å²) >= 11 is 0. The lowest BCUT2D eigenvalue weighted by Crippen LogP contribution is -2.60. The molecule has 3 aliphatic heterocycles. The van der Waals surface area contributed by atoms with Crippen LogP contribution in [-0.2, 0) is 63.7 Å². The molecule has 19 nitrogen and oxygen atoms in total. The van der Waals surface area contributed by atoms with E-state index in [2.05, 4.69) is 10.6 Å². The average molecular weight is 981 g/mol. The van der Waals surface area contributed by atoms with Gasteiger partial charge in [0.1, 0.15) is 18.1 Å². The number of piperidine rings is 1. The Hall–Kier alpha value is -5.24. The number of carbonyl (C=O) groups is 8. The van der Waals surface area contributed by atoms with Crippen LogP contribution in [-0.4, -0.2) is 181 Å². The minimum Gasteiger partial charge on any atom is -0.480 e. The fraction of sp³-hybridized carbons (Fsp3) is 0.686. The molecule has 1 saturated carbocycles. The molecule has 0 aromatic heterocycles. The summed E-state index contributed by atoms with van der Waals surface area (Å²) in [5.74, 6) is -4.89. The molecule has 19 heteroatoms. The molecule has 1 aromatic carbocycles. The number of carboxylic acid groups (broad SMARTS) is 1. The van der Waals surface area contributed by atoms with Gasteiger partial charge in [-0.2, -0.15) is 0 Å². The van der Waals surface area contributed by atoms with Crippen LogP contribution in [0.1, 0.15) is 91.5 Å². The van der Waals surface area contributed by atoms with Crippen molar-refractivity contribution < 1.29 is 62.4 Å². The molecule has 0 radical (unpaired) electrons. The van der Waals surface area contributed by atoms with Crippen molar-refractivity contribution in [3.8, 4) is 0 Å².